The fourth-order valence-electron chi connectivity index (χ4n) is 2.62. The lowest BCUT2D eigenvalue weighted by molar-refractivity contribution is 0.251. The van der Waals surface area contributed by atoms with Gasteiger partial charge < -0.3 is 10.6 Å². The number of H-pyrrole nitrogens is 1. The van der Waals surface area contributed by atoms with Crippen molar-refractivity contribution in [2.45, 2.75) is 23.5 Å². The van der Waals surface area contributed by atoms with E-state index in [0.29, 0.717) is 6.54 Å². The standard InChI is InChI=1S/C19H21N5OS2/c1-12-9-16(26-2)22-18(27-3)17(12)23-19(25)20-11-13-5-4-6-14(10-13)15-7-8-21-24-15/h4-10H,11H2,1-3H3,(H,21,24)(H2,20,23,25). The summed E-state index contributed by atoms with van der Waals surface area (Å²) >= 11 is 3.11. The molecule has 2 heterocycles. The lowest BCUT2D eigenvalue weighted by Gasteiger charge is -2.14. The average Bonchev–Trinajstić information content (AvgIpc) is 3.23. The van der Waals surface area contributed by atoms with Crippen molar-refractivity contribution in [2.24, 2.45) is 0 Å². The van der Waals surface area contributed by atoms with Crippen LogP contribution in [0.3, 0.4) is 0 Å². The predicted molar refractivity (Wildman–Crippen MR) is 112 cm³/mol. The minimum Gasteiger partial charge on any atom is -0.334 e. The van der Waals surface area contributed by atoms with Crippen molar-refractivity contribution in [3.05, 3.63) is 53.7 Å². The number of rotatable bonds is 6. The summed E-state index contributed by atoms with van der Waals surface area (Å²) in [6.45, 7) is 2.41. The number of amides is 2. The van der Waals surface area contributed by atoms with E-state index in [0.717, 1.165) is 38.1 Å². The molecule has 1 aromatic carbocycles. The molecule has 0 spiro atoms. The zero-order valence-electron chi connectivity index (χ0n) is 15.4. The van der Waals surface area contributed by atoms with Gasteiger partial charge in [0.25, 0.3) is 0 Å². The van der Waals surface area contributed by atoms with Crippen LogP contribution in [0.2, 0.25) is 0 Å². The van der Waals surface area contributed by atoms with Gasteiger partial charge in [0, 0.05) is 12.7 Å². The van der Waals surface area contributed by atoms with E-state index in [4.69, 9.17) is 0 Å². The van der Waals surface area contributed by atoms with E-state index in [1.165, 1.54) is 11.8 Å². The van der Waals surface area contributed by atoms with Crippen LogP contribution in [0.5, 0.6) is 0 Å². The summed E-state index contributed by atoms with van der Waals surface area (Å²) in [6.07, 6.45) is 5.66. The summed E-state index contributed by atoms with van der Waals surface area (Å²) in [5.41, 5.74) is 4.74. The molecule has 0 aliphatic heterocycles. The van der Waals surface area contributed by atoms with E-state index in [1.807, 2.05) is 55.8 Å². The van der Waals surface area contributed by atoms with Gasteiger partial charge in [-0.15, -0.1) is 23.5 Å². The Labute approximate surface area is 166 Å². The third-order valence-corrected chi connectivity index (χ3v) is 5.30. The number of hydrogen-bond acceptors (Lipinski definition) is 5. The second-order valence-corrected chi connectivity index (χ2v) is 7.47. The molecule has 2 aromatic heterocycles. The number of aromatic amines is 1. The SMILES string of the molecule is CSc1cc(C)c(NC(=O)NCc2cccc(-c3ccn[nH]3)c2)c(SC)n1. The van der Waals surface area contributed by atoms with Gasteiger partial charge in [-0.2, -0.15) is 5.10 Å². The first-order valence-corrected chi connectivity index (χ1v) is 10.8. The Morgan fingerprint density at radius 1 is 1.19 bits per heavy atom. The Kier molecular flexibility index (Phi) is 6.41. The predicted octanol–water partition coefficient (Wildman–Crippen LogP) is 4.55. The van der Waals surface area contributed by atoms with Gasteiger partial charge in [-0.1, -0.05) is 18.2 Å². The molecule has 3 aromatic rings. The van der Waals surface area contributed by atoms with Crippen molar-refractivity contribution in [1.82, 2.24) is 20.5 Å². The quantitative estimate of drug-likeness (QED) is 0.530. The zero-order valence-corrected chi connectivity index (χ0v) is 17.0. The van der Waals surface area contributed by atoms with E-state index in [2.05, 4.69) is 25.8 Å². The molecule has 0 aliphatic rings. The van der Waals surface area contributed by atoms with Crippen LogP contribution in [-0.2, 0) is 6.54 Å². The Hall–Kier alpha value is -2.45. The van der Waals surface area contributed by atoms with Crippen molar-refractivity contribution in [2.75, 3.05) is 17.8 Å². The number of nitrogens with zero attached hydrogens (tertiary/aromatic N) is 2. The Balaban J connectivity index is 1.66. The van der Waals surface area contributed by atoms with E-state index in [-0.39, 0.29) is 6.03 Å². The van der Waals surface area contributed by atoms with Crippen LogP contribution < -0.4 is 10.6 Å². The second-order valence-electron chi connectivity index (χ2n) is 5.84. The normalized spacial score (nSPS) is 10.6. The first-order chi connectivity index (χ1) is 13.1. The molecule has 0 unspecified atom stereocenters. The molecular formula is C19H21N5OS2. The summed E-state index contributed by atoms with van der Waals surface area (Å²) in [5, 5.41) is 14.5. The summed E-state index contributed by atoms with van der Waals surface area (Å²) in [4.78, 5) is 16.9. The molecule has 3 rings (SSSR count). The third kappa shape index (κ3) is 4.84. The molecule has 0 aliphatic carbocycles. The lowest BCUT2D eigenvalue weighted by atomic mass is 10.1. The van der Waals surface area contributed by atoms with Gasteiger partial charge >= 0.3 is 6.03 Å². The number of carbonyl (C=O) groups is 1. The molecule has 0 bridgehead atoms. The van der Waals surface area contributed by atoms with Gasteiger partial charge in [0.2, 0.25) is 0 Å². The summed E-state index contributed by atoms with van der Waals surface area (Å²) < 4.78 is 0. The molecule has 0 saturated carbocycles. The first-order valence-electron chi connectivity index (χ1n) is 8.34. The second kappa shape index (κ2) is 8.96. The number of pyridine rings is 1. The largest absolute Gasteiger partial charge is 0.334 e. The minimum absolute atomic E-state index is 0.251. The van der Waals surface area contributed by atoms with Crippen LogP contribution >= 0.6 is 23.5 Å². The van der Waals surface area contributed by atoms with Crippen LogP contribution in [0, 0.1) is 6.92 Å². The van der Waals surface area contributed by atoms with Gasteiger partial charge in [0.1, 0.15) is 5.03 Å². The zero-order chi connectivity index (χ0) is 19.2. The van der Waals surface area contributed by atoms with E-state index < -0.39 is 0 Å². The number of carbonyl (C=O) groups excluding carboxylic acids is 1. The van der Waals surface area contributed by atoms with Crippen molar-refractivity contribution >= 4 is 35.2 Å². The number of benzene rings is 1. The molecule has 0 fully saturated rings. The number of urea groups is 1. The van der Waals surface area contributed by atoms with Gasteiger partial charge in [-0.05, 0) is 54.3 Å². The van der Waals surface area contributed by atoms with E-state index >= 15 is 0 Å². The maximum atomic E-state index is 12.4. The minimum atomic E-state index is -0.251. The monoisotopic (exact) mass is 399 g/mol. The van der Waals surface area contributed by atoms with Crippen LogP contribution in [0.25, 0.3) is 11.3 Å². The first kappa shape index (κ1) is 19.3. The lowest BCUT2D eigenvalue weighted by Crippen LogP contribution is -2.28. The molecule has 8 heteroatoms. The summed E-state index contributed by atoms with van der Waals surface area (Å²) in [7, 11) is 0. The molecule has 6 nitrogen and oxygen atoms in total. The maximum Gasteiger partial charge on any atom is 0.319 e. The van der Waals surface area contributed by atoms with Crippen LogP contribution in [-0.4, -0.2) is 33.7 Å². The van der Waals surface area contributed by atoms with Crippen molar-refractivity contribution < 1.29 is 4.79 Å². The highest BCUT2D eigenvalue weighted by molar-refractivity contribution is 7.99. The highest BCUT2D eigenvalue weighted by atomic mass is 32.2. The maximum absolute atomic E-state index is 12.4. The highest BCUT2D eigenvalue weighted by Gasteiger charge is 2.12. The molecule has 0 atom stereocenters. The molecule has 0 saturated heterocycles. The number of hydrogen-bond donors (Lipinski definition) is 3. The number of nitrogens with one attached hydrogen (secondary N) is 3. The summed E-state index contributed by atoms with van der Waals surface area (Å²) in [6, 6.07) is 11.6. The molecule has 2 amide bonds. The van der Waals surface area contributed by atoms with Gasteiger partial charge in [-0.25, -0.2) is 9.78 Å². The highest BCUT2D eigenvalue weighted by Crippen LogP contribution is 2.30. The Morgan fingerprint density at radius 3 is 2.74 bits per heavy atom. The number of thioether (sulfide) groups is 2. The smallest absolute Gasteiger partial charge is 0.319 e. The Bertz CT molecular complexity index is 928. The number of anilines is 1. The molecule has 140 valence electrons. The van der Waals surface area contributed by atoms with Crippen molar-refractivity contribution in [3.63, 3.8) is 0 Å². The van der Waals surface area contributed by atoms with Crippen LogP contribution in [0.4, 0.5) is 10.5 Å². The molecular weight excluding hydrogens is 378 g/mol. The van der Waals surface area contributed by atoms with Gasteiger partial charge in [0.05, 0.1) is 16.4 Å². The van der Waals surface area contributed by atoms with Crippen LogP contribution in [0.15, 0.2) is 52.6 Å². The average molecular weight is 400 g/mol. The van der Waals surface area contributed by atoms with Crippen molar-refractivity contribution in [1.29, 1.82) is 0 Å². The van der Waals surface area contributed by atoms with Crippen molar-refractivity contribution in [3.8, 4) is 11.3 Å². The number of aryl methyl sites for hydroxylation is 1. The number of aromatic nitrogens is 3. The Morgan fingerprint density at radius 2 is 2.04 bits per heavy atom. The van der Waals surface area contributed by atoms with E-state index in [1.54, 1.807) is 18.0 Å². The van der Waals surface area contributed by atoms with Crippen LogP contribution in [0.1, 0.15) is 11.1 Å². The molecule has 3 N–H and O–H groups in total. The topological polar surface area (TPSA) is 82.7 Å². The fraction of sp³-hybridized carbons (Fsp3) is 0.211. The molecule has 27 heavy (non-hydrogen) atoms. The molecule has 0 radical (unpaired) electrons. The third-order valence-electron chi connectivity index (χ3n) is 3.99. The van der Waals surface area contributed by atoms with Gasteiger partial charge in [-0.3, -0.25) is 5.10 Å². The fourth-order valence-corrected chi connectivity index (χ4v) is 3.76. The summed E-state index contributed by atoms with van der Waals surface area (Å²) in [5.74, 6) is 0. The van der Waals surface area contributed by atoms with Gasteiger partial charge in [0.15, 0.2) is 0 Å². The van der Waals surface area contributed by atoms with E-state index in [9.17, 15) is 4.79 Å².